The van der Waals surface area contributed by atoms with Crippen molar-refractivity contribution in [2.24, 2.45) is 0 Å². The number of rotatable bonds is 7. The second-order valence-electron chi connectivity index (χ2n) is 7.61. The van der Waals surface area contributed by atoms with Gasteiger partial charge in [-0.05, 0) is 24.5 Å². The molecule has 30 heavy (non-hydrogen) atoms. The molecule has 1 aliphatic carbocycles. The Hall–Kier alpha value is -2.14. The molecule has 2 fully saturated rings. The largest absolute Gasteiger partial charge is 0.396 e. The highest BCUT2D eigenvalue weighted by atomic mass is 32.2. The first-order valence-corrected chi connectivity index (χ1v) is 12.1. The predicted molar refractivity (Wildman–Crippen MR) is 118 cm³/mol. The van der Waals surface area contributed by atoms with Gasteiger partial charge in [0.15, 0.2) is 0 Å². The van der Waals surface area contributed by atoms with Crippen LogP contribution in [0.3, 0.4) is 0 Å². The number of nitrogen functional groups attached to an aromatic ring is 1. The lowest BCUT2D eigenvalue weighted by atomic mass is 9.94. The van der Waals surface area contributed by atoms with Crippen LogP contribution in [-0.2, 0) is 15.5 Å². The standard InChI is InChI=1S/C20H23N5O3S2/c21-17-16-14(12-9-28-10-12)6-15(11-7-23-20(24-8-11)22-4-5-26)25-18(16)29-19(17)30(27)13-2-1-3-13/h6-8,12-13,26H,1-5,9-10,21H2,(H,22,23,24). The molecular formula is C20H23N5O3S2. The molecule has 0 aromatic carbocycles. The predicted octanol–water partition coefficient (Wildman–Crippen LogP) is 2.51. The van der Waals surface area contributed by atoms with Gasteiger partial charge in [-0.3, -0.25) is 4.21 Å². The topological polar surface area (TPSA) is 123 Å². The van der Waals surface area contributed by atoms with Crippen LogP contribution < -0.4 is 11.1 Å². The highest BCUT2D eigenvalue weighted by Crippen LogP contribution is 2.44. The van der Waals surface area contributed by atoms with Gasteiger partial charge in [0.25, 0.3) is 0 Å². The lowest BCUT2D eigenvalue weighted by molar-refractivity contribution is 0.00902. The fourth-order valence-electron chi connectivity index (χ4n) is 3.62. The van der Waals surface area contributed by atoms with Crippen LogP contribution >= 0.6 is 11.3 Å². The SMILES string of the molecule is Nc1c(S(=O)C2CCC2)sc2nc(-c3cnc(NCCO)nc3)cc(C3COC3)c12. The van der Waals surface area contributed by atoms with Gasteiger partial charge in [0.1, 0.15) is 9.04 Å². The lowest BCUT2D eigenvalue weighted by Gasteiger charge is -2.27. The third-order valence-corrected chi connectivity index (χ3v) is 8.95. The second-order valence-corrected chi connectivity index (χ2v) is 10.5. The summed E-state index contributed by atoms with van der Waals surface area (Å²) in [7, 11) is -1.08. The molecule has 4 N–H and O–H groups in total. The van der Waals surface area contributed by atoms with Gasteiger partial charge in [-0.15, -0.1) is 11.3 Å². The zero-order chi connectivity index (χ0) is 20.7. The van der Waals surface area contributed by atoms with Gasteiger partial charge in [0.05, 0.1) is 42.0 Å². The van der Waals surface area contributed by atoms with Crippen molar-refractivity contribution in [2.45, 2.75) is 34.6 Å². The molecule has 1 aliphatic heterocycles. The van der Waals surface area contributed by atoms with Gasteiger partial charge in [-0.1, -0.05) is 6.42 Å². The van der Waals surface area contributed by atoms with E-state index in [-0.39, 0.29) is 17.8 Å². The van der Waals surface area contributed by atoms with Crippen LogP contribution in [0.5, 0.6) is 0 Å². The number of hydrogen-bond acceptors (Lipinski definition) is 9. The number of aromatic nitrogens is 3. The van der Waals surface area contributed by atoms with Crippen molar-refractivity contribution in [3.05, 3.63) is 24.0 Å². The summed E-state index contributed by atoms with van der Waals surface area (Å²) in [6.45, 7) is 1.70. The van der Waals surface area contributed by atoms with Crippen molar-refractivity contribution in [3.63, 3.8) is 0 Å². The first kappa shape index (κ1) is 19.8. The monoisotopic (exact) mass is 445 g/mol. The number of nitrogens with zero attached hydrogens (tertiary/aromatic N) is 3. The zero-order valence-electron chi connectivity index (χ0n) is 16.3. The number of aliphatic hydroxyl groups is 1. The maximum Gasteiger partial charge on any atom is 0.222 e. The number of anilines is 2. The number of ether oxygens (including phenoxy) is 1. The first-order chi connectivity index (χ1) is 14.7. The van der Waals surface area contributed by atoms with Crippen molar-refractivity contribution in [3.8, 4) is 11.3 Å². The molecule has 158 valence electrons. The van der Waals surface area contributed by atoms with E-state index in [0.717, 1.165) is 50.5 Å². The van der Waals surface area contributed by atoms with Crippen molar-refractivity contribution < 1.29 is 14.1 Å². The summed E-state index contributed by atoms with van der Waals surface area (Å²) < 4.78 is 19.2. The Morgan fingerprint density at radius 1 is 1.30 bits per heavy atom. The lowest BCUT2D eigenvalue weighted by Crippen LogP contribution is -2.25. The van der Waals surface area contributed by atoms with E-state index in [1.54, 1.807) is 12.4 Å². The van der Waals surface area contributed by atoms with Crippen molar-refractivity contribution in [1.29, 1.82) is 0 Å². The third-order valence-electron chi connectivity index (χ3n) is 5.65. The van der Waals surface area contributed by atoms with Gasteiger partial charge in [0, 0.05) is 41.1 Å². The fraction of sp³-hybridized carbons (Fsp3) is 0.450. The van der Waals surface area contributed by atoms with Crippen molar-refractivity contribution >= 4 is 44.0 Å². The Balaban J connectivity index is 1.57. The molecule has 2 aliphatic rings. The van der Waals surface area contributed by atoms with Gasteiger partial charge in [-0.2, -0.15) is 0 Å². The van der Waals surface area contributed by atoms with Gasteiger partial charge in [-0.25, -0.2) is 15.0 Å². The Bertz CT molecular complexity index is 1090. The summed E-state index contributed by atoms with van der Waals surface area (Å²) >= 11 is 1.44. The molecule has 3 aromatic heterocycles. The van der Waals surface area contributed by atoms with Crippen LogP contribution in [0.25, 0.3) is 21.5 Å². The number of hydrogen-bond donors (Lipinski definition) is 3. The zero-order valence-corrected chi connectivity index (χ0v) is 18.0. The first-order valence-electron chi connectivity index (χ1n) is 10.0. The molecule has 0 bridgehead atoms. The maximum absolute atomic E-state index is 13.0. The summed E-state index contributed by atoms with van der Waals surface area (Å²) in [5, 5.41) is 13.0. The second kappa shape index (κ2) is 8.18. The summed E-state index contributed by atoms with van der Waals surface area (Å²) in [5.41, 5.74) is 9.77. The van der Waals surface area contributed by atoms with Crippen LogP contribution in [0.2, 0.25) is 0 Å². The van der Waals surface area contributed by atoms with Crippen LogP contribution in [-0.4, -0.2) is 55.9 Å². The Kier molecular flexibility index (Phi) is 5.40. The Labute approximate surface area is 180 Å². The number of nitrogens with one attached hydrogen (secondary N) is 1. The van der Waals surface area contributed by atoms with E-state index in [1.165, 1.54) is 11.3 Å². The highest BCUT2D eigenvalue weighted by Gasteiger charge is 2.31. The van der Waals surface area contributed by atoms with Gasteiger partial charge >= 0.3 is 0 Å². The van der Waals surface area contributed by atoms with E-state index in [4.69, 9.17) is 20.6 Å². The molecule has 8 nitrogen and oxygen atoms in total. The van der Waals surface area contributed by atoms with Crippen LogP contribution in [0.1, 0.15) is 30.7 Å². The molecule has 4 heterocycles. The molecule has 1 saturated heterocycles. The van der Waals surface area contributed by atoms with Crippen LogP contribution in [0, 0.1) is 0 Å². The normalized spacial score (nSPS) is 18.2. The van der Waals surface area contributed by atoms with Gasteiger partial charge in [0.2, 0.25) is 5.95 Å². The van der Waals surface area contributed by atoms with E-state index >= 15 is 0 Å². The van der Waals surface area contributed by atoms with E-state index in [1.807, 2.05) is 6.07 Å². The Morgan fingerprint density at radius 2 is 2.07 bits per heavy atom. The molecule has 1 saturated carbocycles. The number of thiophene rings is 1. The minimum Gasteiger partial charge on any atom is -0.396 e. The smallest absolute Gasteiger partial charge is 0.222 e. The van der Waals surface area contributed by atoms with Gasteiger partial charge < -0.3 is 20.9 Å². The molecule has 1 atom stereocenters. The molecule has 0 spiro atoms. The molecule has 5 rings (SSSR count). The number of aliphatic hydroxyl groups excluding tert-OH is 1. The molecular weight excluding hydrogens is 422 g/mol. The highest BCUT2D eigenvalue weighted by molar-refractivity contribution is 7.88. The van der Waals surface area contributed by atoms with Crippen LogP contribution in [0.15, 0.2) is 22.7 Å². The van der Waals surface area contributed by atoms with Crippen molar-refractivity contribution in [1.82, 2.24) is 15.0 Å². The molecule has 1 unspecified atom stereocenters. The van der Waals surface area contributed by atoms with E-state index in [2.05, 4.69) is 15.3 Å². The summed E-state index contributed by atoms with van der Waals surface area (Å²) in [5.74, 6) is 0.711. The Morgan fingerprint density at radius 3 is 2.67 bits per heavy atom. The van der Waals surface area contributed by atoms with Crippen LogP contribution in [0.4, 0.5) is 11.6 Å². The third kappa shape index (κ3) is 3.47. The molecule has 0 amide bonds. The fourth-order valence-corrected chi connectivity index (χ4v) is 6.84. The summed E-state index contributed by atoms with van der Waals surface area (Å²) in [4.78, 5) is 14.2. The number of nitrogens with two attached hydrogens (primary N) is 1. The molecule has 0 radical (unpaired) electrons. The van der Waals surface area contributed by atoms with E-state index in [0.29, 0.717) is 31.4 Å². The minimum atomic E-state index is -1.08. The number of fused-ring (bicyclic) bond motifs is 1. The minimum absolute atomic E-state index is 0.0144. The summed E-state index contributed by atoms with van der Waals surface area (Å²) in [6.07, 6.45) is 6.56. The van der Waals surface area contributed by atoms with E-state index < -0.39 is 10.8 Å². The average Bonchev–Trinajstić information content (AvgIpc) is 3.01. The average molecular weight is 446 g/mol. The molecule has 10 heteroatoms. The van der Waals surface area contributed by atoms with Crippen molar-refractivity contribution in [2.75, 3.05) is 37.4 Å². The maximum atomic E-state index is 13.0. The number of pyridine rings is 1. The molecule has 3 aromatic rings. The summed E-state index contributed by atoms with van der Waals surface area (Å²) in [6, 6.07) is 2.04. The quantitative estimate of drug-likeness (QED) is 0.507. The van der Waals surface area contributed by atoms with E-state index in [9.17, 15) is 4.21 Å².